The number of likely N-dealkylation sites (N-methyl/N-ethyl adjacent to an activating group) is 2. The Morgan fingerprint density at radius 1 is 0.912 bits per heavy atom. The van der Waals surface area contributed by atoms with Crippen LogP contribution in [0.3, 0.4) is 0 Å². The zero-order chi connectivity index (χ0) is 25.1. The molecule has 0 unspecified atom stereocenters. The molecule has 34 heavy (non-hydrogen) atoms. The van der Waals surface area contributed by atoms with E-state index in [-0.39, 0.29) is 18.8 Å². The van der Waals surface area contributed by atoms with E-state index < -0.39 is 11.9 Å². The monoisotopic (exact) mass is 512 g/mol. The van der Waals surface area contributed by atoms with Crippen molar-refractivity contribution < 1.29 is 19.1 Å². The van der Waals surface area contributed by atoms with Gasteiger partial charge in [-0.3, -0.25) is 4.79 Å². The number of nitrogens with one attached hydrogen (secondary N) is 1. The molecule has 0 saturated carbocycles. The normalized spacial score (nSPS) is 11.3. The van der Waals surface area contributed by atoms with Gasteiger partial charge in [-0.25, -0.2) is 9.78 Å². The molecule has 1 heterocycles. The van der Waals surface area contributed by atoms with E-state index in [2.05, 4.69) is 47.8 Å². The number of fused-ring (bicyclic) bond motifs is 1. The first-order valence-electron chi connectivity index (χ1n) is 11.6. The molecule has 0 fully saturated rings. The number of ether oxygens (including phenoxy) is 2. The summed E-state index contributed by atoms with van der Waals surface area (Å²) in [5.74, 6) is -0.972. The number of esters is 2. The highest BCUT2D eigenvalue weighted by molar-refractivity contribution is 6.39. The van der Waals surface area contributed by atoms with Crippen LogP contribution >= 0.6 is 23.2 Å². The predicted octanol–water partition coefficient (Wildman–Crippen LogP) is 4.34. The van der Waals surface area contributed by atoms with Gasteiger partial charge in [-0.2, -0.15) is 0 Å². The average Bonchev–Trinajstić information content (AvgIpc) is 2.82. The van der Waals surface area contributed by atoms with Gasteiger partial charge >= 0.3 is 11.9 Å². The van der Waals surface area contributed by atoms with Crippen LogP contribution in [0.15, 0.2) is 18.2 Å². The van der Waals surface area contributed by atoms with Crippen LogP contribution in [-0.2, 0) is 14.3 Å². The van der Waals surface area contributed by atoms with Gasteiger partial charge in [0.2, 0.25) is 0 Å². The van der Waals surface area contributed by atoms with Gasteiger partial charge in [0.25, 0.3) is 0 Å². The summed E-state index contributed by atoms with van der Waals surface area (Å²) in [5, 5.41) is 4.33. The number of benzene rings is 1. The van der Waals surface area contributed by atoms with E-state index in [0.717, 1.165) is 26.2 Å². The van der Waals surface area contributed by atoms with E-state index in [4.69, 9.17) is 32.7 Å². The molecule has 0 aliphatic rings. The van der Waals surface area contributed by atoms with Gasteiger partial charge in [0.1, 0.15) is 19.8 Å². The van der Waals surface area contributed by atoms with Gasteiger partial charge in [0.15, 0.2) is 5.69 Å². The molecule has 188 valence electrons. The molecule has 0 aliphatic heterocycles. The molecule has 0 saturated heterocycles. The van der Waals surface area contributed by atoms with Crippen molar-refractivity contribution >= 4 is 51.7 Å². The Kier molecular flexibility index (Phi) is 11.8. The first-order chi connectivity index (χ1) is 16.3. The van der Waals surface area contributed by atoms with Crippen LogP contribution in [0, 0.1) is 0 Å². The van der Waals surface area contributed by atoms with E-state index in [1.165, 1.54) is 6.07 Å². The molecule has 2 rings (SSSR count). The molecule has 0 atom stereocenters. The Hall–Kier alpha value is -2.13. The van der Waals surface area contributed by atoms with Crippen molar-refractivity contribution in [3.05, 3.63) is 33.9 Å². The van der Waals surface area contributed by atoms with Crippen molar-refractivity contribution in [2.45, 2.75) is 27.7 Å². The second-order valence-corrected chi connectivity index (χ2v) is 8.44. The molecule has 1 aromatic carbocycles. The first kappa shape index (κ1) is 28.1. The maximum absolute atomic E-state index is 12.7. The molecule has 0 radical (unpaired) electrons. The average molecular weight is 513 g/mol. The molecular formula is C24H34Cl2N4O4. The van der Waals surface area contributed by atoms with Crippen molar-refractivity contribution in [3.8, 4) is 0 Å². The van der Waals surface area contributed by atoms with Gasteiger partial charge in [-0.05, 0) is 44.4 Å². The van der Waals surface area contributed by atoms with Gasteiger partial charge in [-0.15, -0.1) is 0 Å². The lowest BCUT2D eigenvalue weighted by molar-refractivity contribution is -0.141. The Morgan fingerprint density at radius 2 is 1.50 bits per heavy atom. The van der Waals surface area contributed by atoms with E-state index in [1.54, 1.807) is 12.1 Å². The molecule has 2 aromatic rings. The highest BCUT2D eigenvalue weighted by atomic mass is 35.5. The summed E-state index contributed by atoms with van der Waals surface area (Å²) in [6.45, 7) is 13.5. The molecule has 8 nitrogen and oxygen atoms in total. The molecule has 10 heteroatoms. The highest BCUT2D eigenvalue weighted by Gasteiger charge is 2.17. The second kappa shape index (κ2) is 14.3. The summed E-state index contributed by atoms with van der Waals surface area (Å²) in [7, 11) is 0. The van der Waals surface area contributed by atoms with E-state index >= 15 is 0 Å². The number of hydrogen-bond donors (Lipinski definition) is 1. The fourth-order valence-corrected chi connectivity index (χ4v) is 4.04. The number of carbonyl (C=O) groups excluding carboxylic acids is 2. The zero-order valence-corrected chi connectivity index (χ0v) is 21.8. The van der Waals surface area contributed by atoms with Crippen molar-refractivity contribution in [1.82, 2.24) is 14.8 Å². The Bertz CT molecular complexity index is 966. The van der Waals surface area contributed by atoms with E-state index in [9.17, 15) is 9.59 Å². The lowest BCUT2D eigenvalue weighted by Crippen LogP contribution is -2.29. The molecule has 0 bridgehead atoms. The van der Waals surface area contributed by atoms with Gasteiger partial charge in [0, 0.05) is 29.2 Å². The van der Waals surface area contributed by atoms with Crippen molar-refractivity contribution in [1.29, 1.82) is 0 Å². The SMILES string of the molecule is CCN(CC)CCOC(=O)CNc1cc(C(=O)OCCN(CC)CC)nc2cc(Cl)cc(Cl)c12. The fourth-order valence-electron chi connectivity index (χ4n) is 3.46. The second-order valence-electron chi connectivity index (χ2n) is 7.60. The lowest BCUT2D eigenvalue weighted by Gasteiger charge is -2.18. The van der Waals surface area contributed by atoms with Crippen LogP contribution in [-0.4, -0.2) is 85.7 Å². The van der Waals surface area contributed by atoms with Crippen LogP contribution in [0.1, 0.15) is 38.2 Å². The minimum atomic E-state index is -0.560. The lowest BCUT2D eigenvalue weighted by atomic mass is 10.1. The Morgan fingerprint density at radius 3 is 2.09 bits per heavy atom. The smallest absolute Gasteiger partial charge is 0.357 e. The maximum atomic E-state index is 12.7. The topological polar surface area (TPSA) is 84.0 Å². The number of carbonyl (C=O) groups is 2. The van der Waals surface area contributed by atoms with Crippen molar-refractivity contribution in [2.24, 2.45) is 0 Å². The number of anilines is 1. The first-order valence-corrected chi connectivity index (χ1v) is 12.4. The number of hydrogen-bond acceptors (Lipinski definition) is 8. The number of halogens is 2. The minimum Gasteiger partial charge on any atom is -0.463 e. The Balaban J connectivity index is 2.14. The summed E-state index contributed by atoms with van der Waals surface area (Å²) in [6, 6.07) is 4.73. The van der Waals surface area contributed by atoms with E-state index in [1.807, 2.05) is 0 Å². The third kappa shape index (κ3) is 8.27. The number of rotatable bonds is 14. The van der Waals surface area contributed by atoms with Gasteiger partial charge < -0.3 is 24.6 Å². The number of nitrogens with zero attached hydrogens (tertiary/aromatic N) is 3. The van der Waals surface area contributed by atoms with Crippen LogP contribution < -0.4 is 5.32 Å². The molecule has 0 amide bonds. The predicted molar refractivity (Wildman–Crippen MR) is 137 cm³/mol. The summed E-state index contributed by atoms with van der Waals surface area (Å²) in [4.78, 5) is 33.6. The molecule has 0 aliphatic carbocycles. The summed E-state index contributed by atoms with van der Waals surface area (Å²) in [6.07, 6.45) is 0. The molecule has 1 N–H and O–H groups in total. The van der Waals surface area contributed by atoms with Crippen molar-refractivity contribution in [3.63, 3.8) is 0 Å². The third-order valence-electron chi connectivity index (χ3n) is 5.56. The van der Waals surface area contributed by atoms with Gasteiger partial charge in [0.05, 0.1) is 10.5 Å². The van der Waals surface area contributed by atoms with Crippen LogP contribution in [0.5, 0.6) is 0 Å². The number of pyridine rings is 1. The molecular weight excluding hydrogens is 479 g/mol. The highest BCUT2D eigenvalue weighted by Crippen LogP contribution is 2.33. The van der Waals surface area contributed by atoms with E-state index in [0.29, 0.717) is 46.3 Å². The van der Waals surface area contributed by atoms with Crippen LogP contribution in [0.4, 0.5) is 5.69 Å². The minimum absolute atomic E-state index is 0.0905. The van der Waals surface area contributed by atoms with Crippen LogP contribution in [0.25, 0.3) is 10.9 Å². The number of aromatic nitrogens is 1. The fraction of sp³-hybridized carbons (Fsp3) is 0.542. The quantitative estimate of drug-likeness (QED) is 0.374. The molecule has 1 aromatic heterocycles. The molecule has 0 spiro atoms. The summed E-state index contributed by atoms with van der Waals surface area (Å²) < 4.78 is 10.7. The van der Waals surface area contributed by atoms with Crippen molar-refractivity contribution in [2.75, 3.05) is 64.3 Å². The zero-order valence-electron chi connectivity index (χ0n) is 20.3. The summed E-state index contributed by atoms with van der Waals surface area (Å²) >= 11 is 12.6. The third-order valence-corrected chi connectivity index (χ3v) is 6.07. The maximum Gasteiger partial charge on any atom is 0.357 e. The van der Waals surface area contributed by atoms with Gasteiger partial charge in [-0.1, -0.05) is 50.9 Å². The van der Waals surface area contributed by atoms with Crippen LogP contribution in [0.2, 0.25) is 10.0 Å². The standard InChI is InChI=1S/C24H34Cl2N4O4/c1-5-29(6-2)9-11-33-22(31)16-27-19-15-21(24(32)34-12-10-30(7-3)8-4)28-20-14-17(25)13-18(26)23(19)20/h13-15H,5-12,16H2,1-4H3,(H,27,28). The largest absolute Gasteiger partial charge is 0.463 e. The Labute approximate surface area is 211 Å². The summed E-state index contributed by atoms with van der Waals surface area (Å²) in [5.41, 5.74) is 0.999.